The molecule has 6 nitrogen and oxygen atoms in total. The van der Waals surface area contributed by atoms with Crippen molar-refractivity contribution in [2.24, 2.45) is 14.1 Å². The first-order valence-corrected chi connectivity index (χ1v) is 11.6. The number of carbonyl (C=O) groups excluding carboxylic acids is 1. The van der Waals surface area contributed by atoms with Crippen LogP contribution < -0.4 is 14.8 Å². The monoisotopic (exact) mass is 485 g/mol. The van der Waals surface area contributed by atoms with E-state index >= 15 is 0 Å². The van der Waals surface area contributed by atoms with Crippen LogP contribution in [-0.2, 0) is 24.3 Å². The molecule has 0 spiro atoms. The largest absolute Gasteiger partial charge is 0.497 e. The number of nitrogens with zero attached hydrogens (tertiary/aromatic N) is 2. The molecular weight excluding hydrogens is 462 g/mol. The zero-order chi connectivity index (χ0) is 24.5. The van der Waals surface area contributed by atoms with Crippen molar-refractivity contribution in [2.45, 2.75) is 5.41 Å². The molecule has 176 valence electrons. The Balaban J connectivity index is 1.78. The first kappa shape index (κ1) is 21.6. The van der Waals surface area contributed by atoms with Gasteiger partial charge in [-0.2, -0.15) is 0 Å². The summed E-state index contributed by atoms with van der Waals surface area (Å²) in [5, 5.41) is 5.67. The molecule has 3 heterocycles. The van der Waals surface area contributed by atoms with Crippen LogP contribution >= 0.6 is 11.6 Å². The number of carbonyl (C=O) groups is 1. The minimum atomic E-state index is -1.11. The maximum atomic E-state index is 14.2. The Labute approximate surface area is 207 Å². The van der Waals surface area contributed by atoms with Gasteiger partial charge >= 0.3 is 0 Å². The fourth-order valence-electron chi connectivity index (χ4n) is 5.53. The molecule has 0 fully saturated rings. The molecule has 0 radical (unpaired) electrons. The van der Waals surface area contributed by atoms with Gasteiger partial charge in [0, 0.05) is 76.8 Å². The summed E-state index contributed by atoms with van der Waals surface area (Å²) in [6, 6.07) is 17.5. The summed E-state index contributed by atoms with van der Waals surface area (Å²) in [7, 11) is 7.27. The molecule has 35 heavy (non-hydrogen) atoms. The van der Waals surface area contributed by atoms with Crippen LogP contribution in [0.5, 0.6) is 11.5 Å². The number of hydrogen-bond acceptors (Lipinski definition) is 3. The van der Waals surface area contributed by atoms with E-state index < -0.39 is 5.41 Å². The molecule has 3 aromatic carbocycles. The molecule has 0 aliphatic carbocycles. The van der Waals surface area contributed by atoms with E-state index in [-0.39, 0.29) is 5.91 Å². The fourth-order valence-corrected chi connectivity index (χ4v) is 5.71. The summed E-state index contributed by atoms with van der Waals surface area (Å²) in [5.74, 6) is 1.41. The molecule has 0 saturated heterocycles. The normalized spacial score (nSPS) is 14.4. The van der Waals surface area contributed by atoms with Gasteiger partial charge in [-0.1, -0.05) is 11.6 Å². The van der Waals surface area contributed by atoms with Crippen LogP contribution in [0.2, 0.25) is 5.02 Å². The average Bonchev–Trinajstić information content (AvgIpc) is 3.47. The Morgan fingerprint density at radius 1 is 0.771 bits per heavy atom. The Morgan fingerprint density at radius 2 is 1.31 bits per heavy atom. The van der Waals surface area contributed by atoms with Gasteiger partial charge in [0.1, 0.15) is 16.9 Å². The highest BCUT2D eigenvalue weighted by Crippen LogP contribution is 2.52. The van der Waals surface area contributed by atoms with Crippen LogP contribution in [-0.4, -0.2) is 29.3 Å². The molecule has 1 N–H and O–H groups in total. The van der Waals surface area contributed by atoms with Crippen molar-refractivity contribution in [1.29, 1.82) is 0 Å². The van der Waals surface area contributed by atoms with Crippen molar-refractivity contribution in [2.75, 3.05) is 19.5 Å². The van der Waals surface area contributed by atoms with Crippen molar-refractivity contribution in [3.05, 3.63) is 88.7 Å². The van der Waals surface area contributed by atoms with Crippen LogP contribution in [0.4, 0.5) is 5.69 Å². The lowest BCUT2D eigenvalue weighted by Gasteiger charge is -2.28. The predicted molar refractivity (Wildman–Crippen MR) is 139 cm³/mol. The van der Waals surface area contributed by atoms with E-state index in [0.717, 1.165) is 55.7 Å². The van der Waals surface area contributed by atoms with Crippen molar-refractivity contribution >= 4 is 45.0 Å². The number of methoxy groups -OCH3 is 2. The summed E-state index contributed by atoms with van der Waals surface area (Å²) in [4.78, 5) is 14.2. The zero-order valence-corrected chi connectivity index (χ0v) is 20.6. The molecule has 5 aromatic rings. The van der Waals surface area contributed by atoms with E-state index in [0.29, 0.717) is 5.02 Å². The van der Waals surface area contributed by atoms with Crippen molar-refractivity contribution in [3.8, 4) is 11.5 Å². The lowest BCUT2D eigenvalue weighted by Crippen LogP contribution is -2.36. The first-order valence-electron chi connectivity index (χ1n) is 11.3. The molecule has 7 heteroatoms. The molecule has 2 aromatic heterocycles. The molecule has 6 rings (SSSR count). The Hall–Kier alpha value is -3.90. The van der Waals surface area contributed by atoms with Crippen LogP contribution in [0.3, 0.4) is 0 Å². The number of halogens is 1. The Kier molecular flexibility index (Phi) is 4.66. The number of rotatable bonds is 4. The fraction of sp³-hybridized carbons (Fsp3) is 0.179. The van der Waals surface area contributed by atoms with Crippen LogP contribution in [0.1, 0.15) is 16.7 Å². The van der Waals surface area contributed by atoms with Crippen LogP contribution in [0.25, 0.3) is 21.8 Å². The Bertz CT molecular complexity index is 1580. The molecule has 0 atom stereocenters. The summed E-state index contributed by atoms with van der Waals surface area (Å²) in [5.41, 5.74) is 4.21. The van der Waals surface area contributed by atoms with Gasteiger partial charge in [0.15, 0.2) is 0 Å². The Morgan fingerprint density at radius 3 is 1.83 bits per heavy atom. The number of fused-ring (bicyclic) bond motifs is 3. The van der Waals surface area contributed by atoms with Crippen LogP contribution in [0.15, 0.2) is 67.0 Å². The number of aromatic nitrogens is 2. The van der Waals surface area contributed by atoms with Gasteiger partial charge in [-0.3, -0.25) is 4.79 Å². The topological polar surface area (TPSA) is 57.4 Å². The minimum Gasteiger partial charge on any atom is -0.497 e. The van der Waals surface area contributed by atoms with E-state index in [2.05, 4.69) is 5.32 Å². The average molecular weight is 486 g/mol. The third-order valence-electron chi connectivity index (χ3n) is 7.18. The highest BCUT2D eigenvalue weighted by molar-refractivity contribution is 6.31. The van der Waals surface area contributed by atoms with Crippen LogP contribution in [0, 0.1) is 0 Å². The molecule has 0 unspecified atom stereocenters. The second-order valence-corrected chi connectivity index (χ2v) is 9.40. The van der Waals surface area contributed by atoms with E-state index in [9.17, 15) is 4.79 Å². The predicted octanol–water partition coefficient (Wildman–Crippen LogP) is 5.63. The molecule has 1 aliphatic heterocycles. The summed E-state index contributed by atoms with van der Waals surface area (Å²) < 4.78 is 15.0. The number of ether oxygens (including phenoxy) is 2. The van der Waals surface area contributed by atoms with E-state index in [4.69, 9.17) is 21.1 Å². The zero-order valence-electron chi connectivity index (χ0n) is 19.8. The molecule has 1 aliphatic rings. The van der Waals surface area contributed by atoms with Gasteiger partial charge in [0.2, 0.25) is 5.91 Å². The quantitative estimate of drug-likeness (QED) is 0.359. The highest BCUT2D eigenvalue weighted by Gasteiger charge is 2.52. The number of hydrogen-bond donors (Lipinski definition) is 1. The van der Waals surface area contributed by atoms with E-state index in [1.165, 1.54) is 0 Å². The number of benzene rings is 3. The standard InChI is InChI=1S/C28H24ClN3O3/c1-31-14-22(19-8-6-17(34-3)12-25(19)31)28(21-11-16(29)5-10-24(21)30-27(28)33)23-15-32(2)26-13-18(35-4)7-9-20(23)26/h5-15H,1-4H3,(H,30,33). The highest BCUT2D eigenvalue weighted by atomic mass is 35.5. The molecular formula is C28H24ClN3O3. The van der Waals surface area contributed by atoms with Gasteiger partial charge in [-0.05, 0) is 42.5 Å². The first-order chi connectivity index (χ1) is 16.9. The van der Waals surface area contributed by atoms with Gasteiger partial charge in [-0.15, -0.1) is 0 Å². The number of nitrogens with one attached hydrogen (secondary N) is 1. The van der Waals surface area contributed by atoms with Gasteiger partial charge < -0.3 is 23.9 Å². The lowest BCUT2D eigenvalue weighted by atomic mass is 9.70. The maximum absolute atomic E-state index is 14.2. The van der Waals surface area contributed by atoms with E-state index in [1.807, 2.05) is 84.2 Å². The maximum Gasteiger partial charge on any atom is 0.244 e. The summed E-state index contributed by atoms with van der Waals surface area (Å²) in [6.07, 6.45) is 4.09. The second kappa shape index (κ2) is 7.55. The number of aryl methyl sites for hydroxylation is 2. The minimum absolute atomic E-state index is 0.110. The molecule has 0 saturated carbocycles. The van der Waals surface area contributed by atoms with Crippen molar-refractivity contribution in [1.82, 2.24) is 9.13 Å². The lowest BCUT2D eigenvalue weighted by molar-refractivity contribution is -0.118. The summed E-state index contributed by atoms with van der Waals surface area (Å²) >= 11 is 6.52. The van der Waals surface area contributed by atoms with E-state index in [1.54, 1.807) is 20.3 Å². The van der Waals surface area contributed by atoms with Gasteiger partial charge in [0.25, 0.3) is 0 Å². The molecule has 1 amide bonds. The molecule has 0 bridgehead atoms. The van der Waals surface area contributed by atoms with Crippen molar-refractivity contribution < 1.29 is 14.3 Å². The summed E-state index contributed by atoms with van der Waals surface area (Å²) in [6.45, 7) is 0. The van der Waals surface area contributed by atoms with Crippen molar-refractivity contribution in [3.63, 3.8) is 0 Å². The SMILES string of the molecule is COc1ccc2c(C3(c4cn(C)c5cc(OC)ccc45)C(=O)Nc4ccc(Cl)cc43)cn(C)c2c1. The van der Waals surface area contributed by atoms with Gasteiger partial charge in [-0.25, -0.2) is 0 Å². The smallest absolute Gasteiger partial charge is 0.244 e. The number of amides is 1. The third kappa shape index (κ3) is 2.86. The second-order valence-electron chi connectivity index (χ2n) is 8.97. The number of anilines is 1. The third-order valence-corrected chi connectivity index (χ3v) is 7.41. The van der Waals surface area contributed by atoms with Gasteiger partial charge in [0.05, 0.1) is 25.3 Å².